The number of anilines is 1. The second-order valence-corrected chi connectivity index (χ2v) is 4.80. The summed E-state index contributed by atoms with van der Waals surface area (Å²) in [5, 5.41) is 8.86. The standard InChI is InChI=1S/C10H9NO4S/c1-3-8-6-4-5-7-9(8)11(10(12)13)16(2,14)15/h1,4-7H,2H3,(H,12,13). The lowest BCUT2D eigenvalue weighted by Crippen LogP contribution is -2.35. The number of benzene rings is 1. The van der Waals surface area contributed by atoms with Crippen molar-refractivity contribution in [3.05, 3.63) is 29.8 Å². The minimum absolute atomic E-state index is 0.0417. The van der Waals surface area contributed by atoms with E-state index in [9.17, 15) is 13.2 Å². The summed E-state index contributed by atoms with van der Waals surface area (Å²) in [5.41, 5.74) is 0.162. The Morgan fingerprint density at radius 1 is 1.44 bits per heavy atom. The van der Waals surface area contributed by atoms with Crippen molar-refractivity contribution in [1.29, 1.82) is 0 Å². The van der Waals surface area contributed by atoms with Crippen LogP contribution in [0.15, 0.2) is 24.3 Å². The first-order chi connectivity index (χ1) is 7.38. The highest BCUT2D eigenvalue weighted by Crippen LogP contribution is 2.22. The number of carboxylic acid groups (broad SMARTS) is 1. The summed E-state index contributed by atoms with van der Waals surface area (Å²) in [6.07, 6.45) is 4.38. The first kappa shape index (κ1) is 12.1. The number of sulfonamides is 1. The van der Waals surface area contributed by atoms with Crippen molar-refractivity contribution < 1.29 is 18.3 Å². The predicted octanol–water partition coefficient (Wildman–Crippen LogP) is 1.11. The lowest BCUT2D eigenvalue weighted by molar-refractivity contribution is 0.206. The van der Waals surface area contributed by atoms with Crippen LogP contribution in [0.1, 0.15) is 5.56 Å². The van der Waals surface area contributed by atoms with E-state index in [0.29, 0.717) is 0 Å². The fourth-order valence-corrected chi connectivity index (χ4v) is 2.00. The van der Waals surface area contributed by atoms with Crippen LogP contribution in [-0.2, 0) is 10.0 Å². The van der Waals surface area contributed by atoms with Gasteiger partial charge in [0, 0.05) is 5.56 Å². The summed E-state index contributed by atoms with van der Waals surface area (Å²) in [6.45, 7) is 0. The summed E-state index contributed by atoms with van der Waals surface area (Å²) >= 11 is 0. The summed E-state index contributed by atoms with van der Waals surface area (Å²) in [5.74, 6) is 2.23. The van der Waals surface area contributed by atoms with E-state index in [4.69, 9.17) is 11.5 Å². The van der Waals surface area contributed by atoms with Gasteiger partial charge in [0.15, 0.2) is 0 Å². The van der Waals surface area contributed by atoms with Crippen LogP contribution in [0.3, 0.4) is 0 Å². The Morgan fingerprint density at radius 3 is 2.44 bits per heavy atom. The smallest absolute Gasteiger partial charge is 0.425 e. The van der Waals surface area contributed by atoms with Crippen molar-refractivity contribution in [1.82, 2.24) is 0 Å². The largest absolute Gasteiger partial charge is 0.464 e. The van der Waals surface area contributed by atoms with Gasteiger partial charge in [0.05, 0.1) is 11.9 Å². The van der Waals surface area contributed by atoms with Gasteiger partial charge in [0.1, 0.15) is 0 Å². The highest BCUT2D eigenvalue weighted by molar-refractivity contribution is 7.92. The van der Waals surface area contributed by atoms with E-state index in [0.717, 1.165) is 6.26 Å². The molecule has 1 N–H and O–H groups in total. The first-order valence-corrected chi connectivity index (χ1v) is 6.01. The van der Waals surface area contributed by atoms with Crippen LogP contribution >= 0.6 is 0 Å². The molecule has 6 heteroatoms. The minimum Gasteiger partial charge on any atom is -0.464 e. The lowest BCUT2D eigenvalue weighted by Gasteiger charge is -2.17. The van der Waals surface area contributed by atoms with Gasteiger partial charge in [0.2, 0.25) is 10.0 Å². The van der Waals surface area contributed by atoms with E-state index in [-0.39, 0.29) is 15.6 Å². The van der Waals surface area contributed by atoms with Gasteiger partial charge < -0.3 is 5.11 Å². The number of rotatable bonds is 2. The van der Waals surface area contributed by atoms with Gasteiger partial charge in [-0.05, 0) is 12.1 Å². The SMILES string of the molecule is C#Cc1ccccc1N(C(=O)O)S(C)(=O)=O. The summed E-state index contributed by atoms with van der Waals surface area (Å²) in [6, 6.07) is 5.92. The van der Waals surface area contributed by atoms with E-state index in [1.807, 2.05) is 0 Å². The molecule has 1 rings (SSSR count). The van der Waals surface area contributed by atoms with Crippen LogP contribution in [-0.4, -0.2) is 25.9 Å². The molecule has 0 aliphatic carbocycles. The third kappa shape index (κ3) is 2.32. The number of hydrogen-bond donors (Lipinski definition) is 1. The lowest BCUT2D eigenvalue weighted by atomic mass is 10.2. The Hall–Kier alpha value is -2.00. The molecule has 0 saturated heterocycles. The molecule has 0 spiro atoms. The molecule has 0 radical (unpaired) electrons. The highest BCUT2D eigenvalue weighted by Gasteiger charge is 2.26. The average Bonchev–Trinajstić information content (AvgIpc) is 2.15. The van der Waals surface area contributed by atoms with Crippen molar-refractivity contribution in [2.45, 2.75) is 0 Å². The second kappa shape index (κ2) is 4.24. The Labute approximate surface area is 93.4 Å². The van der Waals surface area contributed by atoms with Crippen molar-refractivity contribution in [3.8, 4) is 12.3 Å². The third-order valence-corrected chi connectivity index (χ3v) is 2.80. The van der Waals surface area contributed by atoms with Crippen LogP contribution < -0.4 is 4.31 Å². The van der Waals surface area contributed by atoms with Crippen LogP contribution in [0.5, 0.6) is 0 Å². The molecule has 16 heavy (non-hydrogen) atoms. The maximum absolute atomic E-state index is 11.3. The van der Waals surface area contributed by atoms with E-state index in [1.165, 1.54) is 18.2 Å². The minimum atomic E-state index is -3.91. The summed E-state index contributed by atoms with van der Waals surface area (Å²) in [7, 11) is -3.91. The predicted molar refractivity (Wildman–Crippen MR) is 59.7 cm³/mol. The molecule has 0 aliphatic heterocycles. The number of carbonyl (C=O) groups is 1. The van der Waals surface area contributed by atoms with Gasteiger partial charge >= 0.3 is 6.09 Å². The fraction of sp³-hybridized carbons (Fsp3) is 0.100. The molecule has 1 aromatic rings. The summed E-state index contributed by atoms with van der Waals surface area (Å²) in [4.78, 5) is 10.9. The number of terminal acetylenes is 1. The molecule has 0 fully saturated rings. The zero-order valence-corrected chi connectivity index (χ0v) is 9.23. The van der Waals surface area contributed by atoms with Gasteiger partial charge in [-0.2, -0.15) is 4.31 Å². The van der Waals surface area contributed by atoms with Gasteiger partial charge in [-0.25, -0.2) is 13.2 Å². The Bertz CT molecular complexity index is 556. The maximum Gasteiger partial charge on any atom is 0.425 e. The first-order valence-electron chi connectivity index (χ1n) is 4.17. The number of para-hydroxylation sites is 1. The van der Waals surface area contributed by atoms with E-state index in [1.54, 1.807) is 6.07 Å². The van der Waals surface area contributed by atoms with Gasteiger partial charge in [-0.3, -0.25) is 0 Å². The molecule has 5 nitrogen and oxygen atoms in total. The van der Waals surface area contributed by atoms with E-state index >= 15 is 0 Å². The van der Waals surface area contributed by atoms with Gasteiger partial charge in [-0.15, -0.1) is 6.42 Å². The monoisotopic (exact) mass is 239 g/mol. The van der Waals surface area contributed by atoms with Gasteiger partial charge in [-0.1, -0.05) is 18.1 Å². The normalized spacial score (nSPS) is 10.5. The molecular weight excluding hydrogens is 230 g/mol. The molecule has 1 amide bonds. The Kier molecular flexibility index (Phi) is 3.20. The van der Waals surface area contributed by atoms with Crippen molar-refractivity contribution in [2.24, 2.45) is 0 Å². The van der Waals surface area contributed by atoms with Crippen molar-refractivity contribution in [2.75, 3.05) is 10.6 Å². The zero-order chi connectivity index (χ0) is 12.3. The van der Waals surface area contributed by atoms with Crippen LogP contribution in [0, 0.1) is 12.3 Å². The molecule has 0 aliphatic rings. The average molecular weight is 239 g/mol. The molecule has 0 heterocycles. The quantitative estimate of drug-likeness (QED) is 0.784. The molecule has 1 aromatic carbocycles. The molecule has 0 atom stereocenters. The zero-order valence-electron chi connectivity index (χ0n) is 8.41. The number of hydrogen-bond acceptors (Lipinski definition) is 3. The topological polar surface area (TPSA) is 74.7 Å². The number of nitrogens with zero attached hydrogens (tertiary/aromatic N) is 1. The van der Waals surface area contributed by atoms with Crippen molar-refractivity contribution >= 4 is 21.8 Å². The van der Waals surface area contributed by atoms with Crippen LogP contribution in [0.2, 0.25) is 0 Å². The highest BCUT2D eigenvalue weighted by atomic mass is 32.2. The number of amides is 1. The van der Waals surface area contributed by atoms with Crippen LogP contribution in [0.4, 0.5) is 10.5 Å². The second-order valence-electron chi connectivity index (χ2n) is 2.97. The van der Waals surface area contributed by atoms with E-state index < -0.39 is 16.1 Å². The third-order valence-electron chi connectivity index (χ3n) is 1.78. The van der Waals surface area contributed by atoms with E-state index in [2.05, 4.69) is 5.92 Å². The Morgan fingerprint density at radius 2 is 2.00 bits per heavy atom. The molecule has 0 saturated carbocycles. The molecule has 0 bridgehead atoms. The Balaban J connectivity index is 3.46. The molecule has 84 valence electrons. The van der Waals surface area contributed by atoms with Crippen LogP contribution in [0.25, 0.3) is 0 Å². The maximum atomic E-state index is 11.3. The molecule has 0 aromatic heterocycles. The molecular formula is C10H9NO4S. The summed E-state index contributed by atoms with van der Waals surface area (Å²) < 4.78 is 22.9. The van der Waals surface area contributed by atoms with Gasteiger partial charge in [0.25, 0.3) is 0 Å². The van der Waals surface area contributed by atoms with Crippen molar-refractivity contribution in [3.63, 3.8) is 0 Å². The fourth-order valence-electron chi connectivity index (χ4n) is 1.20. The molecule has 0 unspecified atom stereocenters.